The van der Waals surface area contributed by atoms with Crippen molar-refractivity contribution in [3.8, 4) is 0 Å². The first kappa shape index (κ1) is 18.9. The van der Waals surface area contributed by atoms with Gasteiger partial charge in [-0.15, -0.1) is 0 Å². The first-order valence-electron chi connectivity index (χ1n) is 10.8. The van der Waals surface area contributed by atoms with Gasteiger partial charge in [0.2, 0.25) is 11.8 Å². The highest BCUT2D eigenvalue weighted by Gasteiger charge is 2.56. The fraction of sp³-hybridized carbons (Fsp3) is 0.857. The van der Waals surface area contributed by atoms with Crippen molar-refractivity contribution in [3.63, 3.8) is 0 Å². The van der Waals surface area contributed by atoms with Gasteiger partial charge < -0.3 is 10.6 Å². The summed E-state index contributed by atoms with van der Waals surface area (Å²) in [5.74, 6) is 1.65. The Morgan fingerprint density at radius 1 is 1.11 bits per heavy atom. The van der Waals surface area contributed by atoms with Crippen LogP contribution in [-0.2, 0) is 14.4 Å². The van der Waals surface area contributed by atoms with E-state index >= 15 is 0 Å². The van der Waals surface area contributed by atoms with Crippen molar-refractivity contribution >= 4 is 17.7 Å². The predicted molar refractivity (Wildman–Crippen MR) is 101 cm³/mol. The summed E-state index contributed by atoms with van der Waals surface area (Å²) in [7, 11) is 0. The molecule has 6 heteroatoms. The Hall–Kier alpha value is -1.43. The van der Waals surface area contributed by atoms with E-state index in [0.717, 1.165) is 25.7 Å². The molecule has 0 aromatic carbocycles. The Morgan fingerprint density at radius 3 is 2.15 bits per heavy atom. The van der Waals surface area contributed by atoms with Crippen LogP contribution in [0.4, 0.5) is 0 Å². The van der Waals surface area contributed by atoms with Crippen LogP contribution in [0.1, 0.15) is 65.2 Å². The average molecular weight is 376 g/mol. The third kappa shape index (κ3) is 3.10. The van der Waals surface area contributed by atoms with E-state index in [2.05, 4.69) is 0 Å². The van der Waals surface area contributed by atoms with Crippen LogP contribution in [0.25, 0.3) is 0 Å². The Kier molecular flexibility index (Phi) is 4.81. The third-order valence-corrected chi connectivity index (χ3v) is 7.53. The molecule has 4 aliphatic carbocycles. The van der Waals surface area contributed by atoms with E-state index in [1.807, 2.05) is 6.92 Å². The van der Waals surface area contributed by atoms with Crippen molar-refractivity contribution in [3.05, 3.63) is 0 Å². The molecule has 2 N–H and O–H groups in total. The molecule has 5 rings (SSSR count). The van der Waals surface area contributed by atoms with Crippen LogP contribution in [-0.4, -0.2) is 52.7 Å². The number of rotatable bonds is 4. The molecule has 150 valence electrons. The lowest BCUT2D eigenvalue weighted by Gasteiger charge is -2.56. The largest absolute Gasteiger partial charge is 0.329 e. The predicted octanol–water partition coefficient (Wildman–Crippen LogP) is 1.92. The van der Waals surface area contributed by atoms with Gasteiger partial charge in [-0.25, -0.2) is 0 Å². The Labute approximate surface area is 161 Å². The summed E-state index contributed by atoms with van der Waals surface area (Å²) in [6.45, 7) is 4.47. The van der Waals surface area contributed by atoms with Gasteiger partial charge in [0.05, 0.1) is 11.5 Å². The second-order valence-corrected chi connectivity index (χ2v) is 9.56. The van der Waals surface area contributed by atoms with Crippen LogP contribution in [0.2, 0.25) is 0 Å². The molecular formula is C21H33N3O3. The Bertz CT molecular complexity index is 609. The van der Waals surface area contributed by atoms with Crippen LogP contribution in [0.15, 0.2) is 0 Å². The minimum absolute atomic E-state index is 0.0363. The summed E-state index contributed by atoms with van der Waals surface area (Å²) in [6, 6.07) is -1.14. The van der Waals surface area contributed by atoms with Crippen LogP contribution >= 0.6 is 0 Å². The maximum Gasteiger partial charge on any atom is 0.251 e. The van der Waals surface area contributed by atoms with E-state index in [0.29, 0.717) is 37.3 Å². The smallest absolute Gasteiger partial charge is 0.251 e. The molecule has 0 aromatic heterocycles. The number of carbonyl (C=O) groups excluding carboxylic acids is 3. The fourth-order valence-corrected chi connectivity index (χ4v) is 6.79. The number of carbonyl (C=O) groups is 3. The maximum absolute atomic E-state index is 13.6. The van der Waals surface area contributed by atoms with Gasteiger partial charge in [-0.3, -0.25) is 19.3 Å². The highest BCUT2D eigenvalue weighted by molar-refractivity contribution is 6.02. The van der Waals surface area contributed by atoms with Gasteiger partial charge in [-0.2, -0.15) is 0 Å². The zero-order valence-corrected chi connectivity index (χ0v) is 16.7. The molecule has 0 aromatic rings. The molecule has 4 saturated carbocycles. The van der Waals surface area contributed by atoms with E-state index in [9.17, 15) is 14.4 Å². The van der Waals surface area contributed by atoms with Crippen LogP contribution in [0, 0.1) is 23.2 Å². The SMILES string of the molecule is CCN(C(=O)[C@@H]1CCCN1C(=O)[C@H](C)N)C(=O)C12CC3CC(CC(C3)C1)C2. The summed E-state index contributed by atoms with van der Waals surface area (Å²) in [4.78, 5) is 42.4. The van der Waals surface area contributed by atoms with E-state index in [-0.39, 0.29) is 23.1 Å². The van der Waals surface area contributed by atoms with Crippen molar-refractivity contribution in [1.82, 2.24) is 9.80 Å². The van der Waals surface area contributed by atoms with Gasteiger partial charge in [0.15, 0.2) is 0 Å². The first-order valence-corrected chi connectivity index (χ1v) is 10.8. The first-order chi connectivity index (χ1) is 12.8. The second-order valence-electron chi connectivity index (χ2n) is 9.56. The number of imide groups is 1. The topological polar surface area (TPSA) is 83.7 Å². The summed E-state index contributed by atoms with van der Waals surface area (Å²) in [5.41, 5.74) is 5.44. The Balaban J connectivity index is 1.54. The van der Waals surface area contributed by atoms with E-state index in [4.69, 9.17) is 5.73 Å². The number of hydrogen-bond donors (Lipinski definition) is 1. The van der Waals surface area contributed by atoms with E-state index < -0.39 is 12.1 Å². The monoisotopic (exact) mass is 375 g/mol. The zero-order chi connectivity index (χ0) is 19.3. The second kappa shape index (κ2) is 6.87. The molecule has 0 radical (unpaired) electrons. The van der Waals surface area contributed by atoms with Crippen molar-refractivity contribution < 1.29 is 14.4 Å². The van der Waals surface area contributed by atoms with Crippen molar-refractivity contribution in [2.75, 3.05) is 13.1 Å². The lowest BCUT2D eigenvalue weighted by molar-refractivity contribution is -0.165. The molecule has 5 fully saturated rings. The number of amides is 3. The van der Waals surface area contributed by atoms with Gasteiger partial charge in [0.25, 0.3) is 5.91 Å². The quantitative estimate of drug-likeness (QED) is 0.761. The molecule has 27 heavy (non-hydrogen) atoms. The molecule has 2 atom stereocenters. The van der Waals surface area contributed by atoms with Crippen LogP contribution in [0.5, 0.6) is 0 Å². The molecule has 5 aliphatic rings. The number of nitrogens with zero attached hydrogens (tertiary/aromatic N) is 2. The maximum atomic E-state index is 13.6. The van der Waals surface area contributed by atoms with Gasteiger partial charge in [0.1, 0.15) is 6.04 Å². The minimum Gasteiger partial charge on any atom is -0.329 e. The van der Waals surface area contributed by atoms with E-state index in [1.54, 1.807) is 11.8 Å². The highest BCUT2D eigenvalue weighted by Crippen LogP contribution is 2.60. The van der Waals surface area contributed by atoms with Gasteiger partial charge in [-0.1, -0.05) is 0 Å². The summed E-state index contributed by atoms with van der Waals surface area (Å²) in [5, 5.41) is 0. The summed E-state index contributed by atoms with van der Waals surface area (Å²) < 4.78 is 0. The van der Waals surface area contributed by atoms with Crippen molar-refractivity contribution in [2.45, 2.75) is 77.3 Å². The van der Waals surface area contributed by atoms with Crippen molar-refractivity contribution in [1.29, 1.82) is 0 Å². The molecule has 3 amide bonds. The standard InChI is InChI=1S/C21H33N3O3/c1-3-23(19(26)17-5-4-6-24(17)18(25)13(2)22)20(27)21-10-14-7-15(11-21)9-16(8-14)12-21/h13-17H,3-12,22H2,1-2H3/t13-,14?,15?,16?,17-,21?/m0/s1. The summed E-state index contributed by atoms with van der Waals surface area (Å²) >= 11 is 0. The molecule has 4 bridgehead atoms. The lowest BCUT2D eigenvalue weighted by atomic mass is 9.49. The van der Waals surface area contributed by atoms with Crippen molar-refractivity contribution in [2.24, 2.45) is 28.9 Å². The molecule has 1 aliphatic heterocycles. The fourth-order valence-electron chi connectivity index (χ4n) is 6.79. The molecular weight excluding hydrogens is 342 g/mol. The molecule has 0 spiro atoms. The number of hydrogen-bond acceptors (Lipinski definition) is 4. The molecule has 1 saturated heterocycles. The Morgan fingerprint density at radius 2 is 1.67 bits per heavy atom. The van der Waals surface area contributed by atoms with E-state index in [1.165, 1.54) is 24.2 Å². The molecule has 6 nitrogen and oxygen atoms in total. The number of likely N-dealkylation sites (N-methyl/N-ethyl adjacent to an activating group) is 1. The number of likely N-dealkylation sites (tertiary alicyclic amines) is 1. The van der Waals surface area contributed by atoms with Gasteiger partial charge in [0, 0.05) is 13.1 Å². The summed E-state index contributed by atoms with van der Waals surface area (Å²) in [6.07, 6.45) is 8.09. The number of nitrogens with two attached hydrogens (primary N) is 1. The average Bonchev–Trinajstić information content (AvgIpc) is 3.09. The molecule has 1 heterocycles. The normalized spacial score (nSPS) is 38.1. The van der Waals surface area contributed by atoms with Crippen LogP contribution in [0.3, 0.4) is 0 Å². The van der Waals surface area contributed by atoms with Gasteiger partial charge >= 0.3 is 0 Å². The minimum atomic E-state index is -0.618. The molecule has 0 unspecified atom stereocenters. The van der Waals surface area contributed by atoms with Gasteiger partial charge in [-0.05, 0) is 83.0 Å². The van der Waals surface area contributed by atoms with Crippen LogP contribution < -0.4 is 5.73 Å². The zero-order valence-electron chi connectivity index (χ0n) is 16.7. The lowest BCUT2D eigenvalue weighted by Crippen LogP contribution is -2.58. The highest BCUT2D eigenvalue weighted by atomic mass is 16.2. The third-order valence-electron chi connectivity index (χ3n) is 7.53.